The number of nitrogens with one attached hydrogen (secondary N) is 1. The number of aryl methyl sites for hydroxylation is 1. The molecule has 1 saturated heterocycles. The Morgan fingerprint density at radius 3 is 2.64 bits per heavy atom. The minimum Gasteiger partial charge on any atom is -0.364 e. The van der Waals surface area contributed by atoms with Crippen LogP contribution >= 0.6 is 23.4 Å². The van der Waals surface area contributed by atoms with Gasteiger partial charge < -0.3 is 10.2 Å². The first-order chi connectivity index (χ1) is 16.9. The van der Waals surface area contributed by atoms with E-state index in [1.807, 2.05) is 6.92 Å². The maximum absolute atomic E-state index is 13.1. The Labute approximate surface area is 222 Å². The second kappa shape index (κ2) is 9.94. The van der Waals surface area contributed by atoms with Gasteiger partial charge in [0.05, 0.1) is 4.91 Å². The Hall–Kier alpha value is -2.77. The lowest BCUT2D eigenvalue weighted by atomic mass is 9.78. The topological polar surface area (TPSA) is 69.7 Å². The molecule has 36 heavy (non-hydrogen) atoms. The number of benzene rings is 2. The third-order valence-electron chi connectivity index (χ3n) is 6.75. The van der Waals surface area contributed by atoms with Gasteiger partial charge in [-0.05, 0) is 112 Å². The zero-order valence-corrected chi connectivity index (χ0v) is 23.1. The molecular weight excluding hydrogens is 494 g/mol. The molecule has 6 nitrogen and oxygen atoms in total. The molecule has 2 aliphatic heterocycles. The summed E-state index contributed by atoms with van der Waals surface area (Å²) in [4.78, 5) is 41.9. The summed E-state index contributed by atoms with van der Waals surface area (Å²) in [5.74, 6) is -0.555. The molecule has 4 rings (SSSR count). The minimum absolute atomic E-state index is 0.0445. The summed E-state index contributed by atoms with van der Waals surface area (Å²) in [5, 5.41) is 2.71. The van der Waals surface area contributed by atoms with Crippen LogP contribution in [0.5, 0.6) is 0 Å². The number of thioether (sulfide) groups is 1. The van der Waals surface area contributed by atoms with Crippen molar-refractivity contribution in [3.63, 3.8) is 0 Å². The number of fused-ring (bicyclic) bond motifs is 1. The molecule has 0 aromatic heterocycles. The van der Waals surface area contributed by atoms with E-state index in [1.165, 1.54) is 11.3 Å². The summed E-state index contributed by atoms with van der Waals surface area (Å²) in [7, 11) is 0. The molecule has 2 heterocycles. The predicted molar refractivity (Wildman–Crippen MR) is 149 cm³/mol. The molecule has 0 saturated carbocycles. The van der Waals surface area contributed by atoms with Crippen molar-refractivity contribution >= 4 is 57.9 Å². The first-order valence-corrected chi connectivity index (χ1v) is 13.3. The van der Waals surface area contributed by atoms with Gasteiger partial charge in [-0.15, -0.1) is 0 Å². The van der Waals surface area contributed by atoms with Gasteiger partial charge in [-0.2, -0.15) is 0 Å². The quantitative estimate of drug-likeness (QED) is 0.433. The predicted octanol–water partition coefficient (Wildman–Crippen LogP) is 6.82. The third kappa shape index (κ3) is 5.18. The Kier molecular flexibility index (Phi) is 7.26. The average molecular weight is 526 g/mol. The van der Waals surface area contributed by atoms with Crippen LogP contribution in [0.4, 0.5) is 16.2 Å². The van der Waals surface area contributed by atoms with Gasteiger partial charge in [-0.3, -0.25) is 19.3 Å². The van der Waals surface area contributed by atoms with Gasteiger partial charge in [0.25, 0.3) is 11.1 Å². The Bertz CT molecular complexity index is 1270. The molecule has 1 N–H and O–H groups in total. The smallest absolute Gasteiger partial charge is 0.294 e. The second-order valence-corrected chi connectivity index (χ2v) is 11.9. The van der Waals surface area contributed by atoms with Crippen LogP contribution in [-0.2, 0) is 9.59 Å². The fourth-order valence-electron chi connectivity index (χ4n) is 5.43. The van der Waals surface area contributed by atoms with E-state index in [-0.39, 0.29) is 12.1 Å². The maximum Gasteiger partial charge on any atom is 0.294 e. The van der Waals surface area contributed by atoms with Gasteiger partial charge in [0.15, 0.2) is 0 Å². The van der Waals surface area contributed by atoms with Crippen LogP contribution in [0.3, 0.4) is 0 Å². The lowest BCUT2D eigenvalue weighted by molar-refractivity contribution is -0.127. The fourth-order valence-corrected chi connectivity index (χ4v) is 6.45. The highest BCUT2D eigenvalue weighted by Crippen LogP contribution is 2.46. The molecule has 2 aromatic carbocycles. The summed E-state index contributed by atoms with van der Waals surface area (Å²) in [6.07, 6.45) is 2.81. The van der Waals surface area contributed by atoms with Crippen molar-refractivity contribution in [2.24, 2.45) is 0 Å². The average Bonchev–Trinajstić information content (AvgIpc) is 3.01. The van der Waals surface area contributed by atoms with Gasteiger partial charge in [0.2, 0.25) is 5.91 Å². The van der Waals surface area contributed by atoms with E-state index in [1.54, 1.807) is 30.3 Å². The number of hydrogen-bond acceptors (Lipinski definition) is 5. The van der Waals surface area contributed by atoms with E-state index >= 15 is 0 Å². The van der Waals surface area contributed by atoms with Gasteiger partial charge in [0.1, 0.15) is 6.54 Å². The molecule has 0 bridgehead atoms. The largest absolute Gasteiger partial charge is 0.364 e. The molecule has 1 atom stereocenters. The lowest BCUT2D eigenvalue weighted by Crippen LogP contribution is -2.51. The van der Waals surface area contributed by atoms with Crippen molar-refractivity contribution in [3.8, 4) is 0 Å². The number of hydrogen-bond donors (Lipinski definition) is 1. The Balaban J connectivity index is 1.57. The van der Waals surface area contributed by atoms with Gasteiger partial charge in [-0.25, -0.2) is 0 Å². The van der Waals surface area contributed by atoms with Crippen molar-refractivity contribution in [2.75, 3.05) is 16.8 Å². The minimum atomic E-state index is -0.462. The number of carbonyl (C=O) groups excluding carboxylic acids is 3. The van der Waals surface area contributed by atoms with Crippen molar-refractivity contribution in [1.82, 2.24) is 4.90 Å². The van der Waals surface area contributed by atoms with Crippen molar-refractivity contribution < 1.29 is 14.4 Å². The van der Waals surface area contributed by atoms with Crippen LogP contribution in [0.2, 0.25) is 5.02 Å². The molecular formula is C28H32ClN3O3S. The summed E-state index contributed by atoms with van der Waals surface area (Å²) in [6.45, 7) is 12.9. The zero-order valence-electron chi connectivity index (χ0n) is 21.5. The standard InChI is InChI=1S/C28H32ClN3O3S/c1-16(2)32-23-10-17(3)19(11-22(23)18(4)14-28(32,5)6)12-24-26(34)31(27(35)36-24)15-25(33)30-21-9-7-8-20(29)13-21/h7-13,16,18H,14-15H2,1-6H3,(H,30,33)/b24-12-/t18-/m0/s1. The van der Waals surface area contributed by atoms with E-state index in [4.69, 9.17) is 11.6 Å². The molecule has 2 aromatic rings. The molecule has 0 radical (unpaired) electrons. The van der Waals surface area contributed by atoms with E-state index in [0.29, 0.717) is 27.6 Å². The molecule has 0 unspecified atom stereocenters. The Morgan fingerprint density at radius 1 is 1.25 bits per heavy atom. The number of amides is 3. The molecule has 0 aliphatic carbocycles. The summed E-state index contributed by atoms with van der Waals surface area (Å²) < 4.78 is 0. The number of imide groups is 1. The highest BCUT2D eigenvalue weighted by Gasteiger charge is 2.39. The van der Waals surface area contributed by atoms with E-state index < -0.39 is 17.1 Å². The van der Waals surface area contributed by atoms with E-state index in [9.17, 15) is 14.4 Å². The van der Waals surface area contributed by atoms with Crippen molar-refractivity contribution in [3.05, 3.63) is 63.0 Å². The fraction of sp³-hybridized carbons (Fsp3) is 0.393. The van der Waals surface area contributed by atoms with E-state index in [0.717, 1.165) is 34.2 Å². The molecule has 0 spiro atoms. The first-order valence-electron chi connectivity index (χ1n) is 12.1. The molecule has 1 fully saturated rings. The first kappa shape index (κ1) is 26.3. The van der Waals surface area contributed by atoms with Gasteiger partial charge in [0, 0.05) is 28.0 Å². The van der Waals surface area contributed by atoms with Crippen LogP contribution in [0.25, 0.3) is 6.08 Å². The van der Waals surface area contributed by atoms with Crippen LogP contribution in [0, 0.1) is 6.92 Å². The summed E-state index contributed by atoms with van der Waals surface area (Å²) in [5.41, 5.74) is 4.98. The number of rotatable bonds is 5. The van der Waals surface area contributed by atoms with Crippen LogP contribution < -0.4 is 10.2 Å². The number of anilines is 2. The number of carbonyl (C=O) groups is 3. The molecule has 8 heteroatoms. The monoisotopic (exact) mass is 525 g/mol. The highest BCUT2D eigenvalue weighted by molar-refractivity contribution is 8.18. The summed E-state index contributed by atoms with van der Waals surface area (Å²) in [6, 6.07) is 11.4. The molecule has 190 valence electrons. The lowest BCUT2D eigenvalue weighted by Gasteiger charge is -2.50. The zero-order chi connectivity index (χ0) is 26.4. The maximum atomic E-state index is 13.1. The molecule has 3 amide bonds. The van der Waals surface area contributed by atoms with Crippen LogP contribution in [0.1, 0.15) is 63.6 Å². The SMILES string of the molecule is Cc1cc2c(cc1/C=C1\SC(=O)N(CC(=O)Nc3cccc(Cl)c3)C1=O)[C@@H](C)CC(C)(C)N2C(C)C. The van der Waals surface area contributed by atoms with Gasteiger partial charge in [-0.1, -0.05) is 24.6 Å². The van der Waals surface area contributed by atoms with Crippen molar-refractivity contribution in [2.45, 2.75) is 65.5 Å². The van der Waals surface area contributed by atoms with Crippen LogP contribution in [-0.4, -0.2) is 40.1 Å². The number of nitrogens with zero attached hydrogens (tertiary/aromatic N) is 2. The van der Waals surface area contributed by atoms with Crippen LogP contribution in [0.15, 0.2) is 41.3 Å². The third-order valence-corrected chi connectivity index (χ3v) is 7.89. The normalized spacial score (nSPS) is 20.3. The second-order valence-electron chi connectivity index (χ2n) is 10.5. The summed E-state index contributed by atoms with van der Waals surface area (Å²) >= 11 is 6.83. The van der Waals surface area contributed by atoms with Crippen molar-refractivity contribution in [1.29, 1.82) is 0 Å². The molecule has 2 aliphatic rings. The Morgan fingerprint density at radius 2 is 1.97 bits per heavy atom. The van der Waals surface area contributed by atoms with E-state index in [2.05, 4.69) is 57.0 Å². The van der Waals surface area contributed by atoms with Gasteiger partial charge >= 0.3 is 0 Å². The number of halogens is 1. The highest BCUT2D eigenvalue weighted by atomic mass is 35.5.